The van der Waals surface area contributed by atoms with Crippen LogP contribution in [-0.2, 0) is 31.3 Å². The molecule has 0 bridgehead atoms. The molecule has 0 N–H and O–H groups in total. The fraction of sp³-hybridized carbons (Fsp3) is 0.632. The highest BCUT2D eigenvalue weighted by molar-refractivity contribution is 5.27. The molecule has 0 atom stereocenters. The summed E-state index contributed by atoms with van der Waals surface area (Å²) in [6, 6.07) is 3.49. The van der Waals surface area contributed by atoms with Crippen molar-refractivity contribution in [3.8, 4) is 0 Å². The molecule has 6 nitrogen and oxygen atoms in total. The molecule has 25 heavy (non-hydrogen) atoms. The van der Waals surface area contributed by atoms with E-state index in [9.17, 15) is 4.79 Å². The Bertz CT molecular complexity index is 825. The van der Waals surface area contributed by atoms with Crippen LogP contribution in [0.1, 0.15) is 49.9 Å². The summed E-state index contributed by atoms with van der Waals surface area (Å²) < 4.78 is 7.06. The molecule has 0 aromatic carbocycles. The smallest absolute Gasteiger partial charge is 0.266 e. The minimum atomic E-state index is -0.0472. The van der Waals surface area contributed by atoms with E-state index >= 15 is 0 Å². The number of hydrogen-bond donors (Lipinski definition) is 0. The minimum absolute atomic E-state index is 0.0132. The van der Waals surface area contributed by atoms with Crippen LogP contribution in [0.25, 0.3) is 0 Å². The van der Waals surface area contributed by atoms with E-state index in [-0.39, 0.29) is 11.0 Å². The molecule has 1 aliphatic carbocycles. The Hall–Kier alpha value is -1.95. The molecule has 0 unspecified atom stereocenters. The van der Waals surface area contributed by atoms with Crippen molar-refractivity contribution in [2.45, 2.75) is 58.5 Å². The highest BCUT2D eigenvalue weighted by Gasteiger charge is 2.30. The average molecular weight is 342 g/mol. The Morgan fingerprint density at radius 1 is 1.24 bits per heavy atom. The maximum absolute atomic E-state index is 12.1. The molecule has 2 aliphatic rings. The van der Waals surface area contributed by atoms with Crippen molar-refractivity contribution in [3.05, 3.63) is 45.2 Å². The van der Waals surface area contributed by atoms with Gasteiger partial charge >= 0.3 is 0 Å². The maximum Gasteiger partial charge on any atom is 0.266 e. The SMILES string of the molecule is CC(C)(C)c1ccc(=O)n(CC2CN(Cc3noc4c3CCC4)C2)n1. The van der Waals surface area contributed by atoms with Gasteiger partial charge in [-0.25, -0.2) is 4.68 Å². The summed E-state index contributed by atoms with van der Waals surface area (Å²) in [6.07, 6.45) is 3.32. The van der Waals surface area contributed by atoms with Gasteiger partial charge in [0.2, 0.25) is 0 Å². The van der Waals surface area contributed by atoms with E-state index in [2.05, 4.69) is 35.9 Å². The molecule has 3 heterocycles. The number of hydrogen-bond acceptors (Lipinski definition) is 5. The first-order valence-corrected chi connectivity index (χ1v) is 9.17. The first-order valence-electron chi connectivity index (χ1n) is 9.17. The lowest BCUT2D eigenvalue weighted by molar-refractivity contribution is 0.0737. The van der Waals surface area contributed by atoms with E-state index in [4.69, 9.17) is 4.52 Å². The summed E-state index contributed by atoms with van der Waals surface area (Å²) in [6.45, 7) is 9.86. The highest BCUT2D eigenvalue weighted by atomic mass is 16.5. The summed E-state index contributed by atoms with van der Waals surface area (Å²) in [5, 5.41) is 8.81. The van der Waals surface area contributed by atoms with Gasteiger partial charge in [-0.1, -0.05) is 25.9 Å². The summed E-state index contributed by atoms with van der Waals surface area (Å²) in [5.74, 6) is 1.56. The monoisotopic (exact) mass is 342 g/mol. The van der Waals surface area contributed by atoms with Gasteiger partial charge in [0.05, 0.1) is 12.2 Å². The molecule has 2 aromatic rings. The Labute approximate surface area is 147 Å². The zero-order valence-electron chi connectivity index (χ0n) is 15.3. The molecular formula is C19H26N4O2. The summed E-state index contributed by atoms with van der Waals surface area (Å²) in [7, 11) is 0. The third-order valence-electron chi connectivity index (χ3n) is 5.25. The van der Waals surface area contributed by atoms with E-state index < -0.39 is 0 Å². The molecule has 6 heteroatoms. The lowest BCUT2D eigenvalue weighted by Crippen LogP contribution is -2.49. The Balaban J connectivity index is 1.36. The van der Waals surface area contributed by atoms with Gasteiger partial charge in [-0.2, -0.15) is 5.10 Å². The van der Waals surface area contributed by atoms with Crippen LogP contribution < -0.4 is 5.56 Å². The summed E-state index contributed by atoms with van der Waals surface area (Å²) >= 11 is 0. The number of fused-ring (bicyclic) bond motifs is 1. The van der Waals surface area contributed by atoms with Crippen LogP contribution in [0.15, 0.2) is 21.5 Å². The van der Waals surface area contributed by atoms with Crippen molar-refractivity contribution in [2.24, 2.45) is 5.92 Å². The van der Waals surface area contributed by atoms with E-state index in [1.807, 2.05) is 6.07 Å². The quantitative estimate of drug-likeness (QED) is 0.852. The van der Waals surface area contributed by atoms with Gasteiger partial charge in [-0.05, 0) is 18.9 Å². The van der Waals surface area contributed by atoms with Crippen molar-refractivity contribution in [1.82, 2.24) is 19.8 Å². The first-order chi connectivity index (χ1) is 11.9. The van der Waals surface area contributed by atoms with Crippen molar-refractivity contribution in [3.63, 3.8) is 0 Å². The topological polar surface area (TPSA) is 64.2 Å². The first kappa shape index (κ1) is 16.5. The largest absolute Gasteiger partial charge is 0.361 e. The van der Waals surface area contributed by atoms with Crippen LogP contribution in [0.3, 0.4) is 0 Å². The number of rotatable bonds is 4. The van der Waals surface area contributed by atoms with Crippen molar-refractivity contribution in [1.29, 1.82) is 0 Å². The van der Waals surface area contributed by atoms with Gasteiger partial charge in [0.25, 0.3) is 5.56 Å². The van der Waals surface area contributed by atoms with Gasteiger partial charge in [0.1, 0.15) is 11.5 Å². The van der Waals surface area contributed by atoms with Gasteiger partial charge in [-0.3, -0.25) is 9.69 Å². The highest BCUT2D eigenvalue weighted by Crippen LogP contribution is 2.28. The fourth-order valence-corrected chi connectivity index (χ4v) is 3.77. The third-order valence-corrected chi connectivity index (χ3v) is 5.25. The lowest BCUT2D eigenvalue weighted by Gasteiger charge is -2.39. The van der Waals surface area contributed by atoms with Crippen LogP contribution in [0.2, 0.25) is 0 Å². The molecule has 0 radical (unpaired) electrons. The van der Waals surface area contributed by atoms with Crippen molar-refractivity contribution in [2.75, 3.05) is 13.1 Å². The molecule has 134 valence electrons. The number of nitrogens with zero attached hydrogens (tertiary/aromatic N) is 4. The minimum Gasteiger partial charge on any atom is -0.361 e. The number of likely N-dealkylation sites (tertiary alicyclic amines) is 1. The van der Waals surface area contributed by atoms with Gasteiger partial charge < -0.3 is 4.52 Å². The van der Waals surface area contributed by atoms with Gasteiger partial charge in [-0.15, -0.1) is 0 Å². The van der Waals surface area contributed by atoms with Crippen LogP contribution in [-0.4, -0.2) is 32.9 Å². The molecule has 1 saturated heterocycles. The molecule has 4 rings (SSSR count). The standard InChI is InChI=1S/C19H26N4O2/c1-19(2,3)17-7-8-18(24)23(20-17)11-13-9-22(10-13)12-15-14-5-4-6-16(14)25-21-15/h7-8,13H,4-6,9-12H2,1-3H3. The summed E-state index contributed by atoms with van der Waals surface area (Å²) in [5.41, 5.74) is 3.34. The molecule has 0 saturated carbocycles. The molecule has 0 amide bonds. The zero-order valence-corrected chi connectivity index (χ0v) is 15.3. The fourth-order valence-electron chi connectivity index (χ4n) is 3.77. The Morgan fingerprint density at radius 3 is 2.80 bits per heavy atom. The second-order valence-electron chi connectivity index (χ2n) is 8.43. The van der Waals surface area contributed by atoms with E-state index in [0.717, 1.165) is 49.6 Å². The molecule has 1 aliphatic heterocycles. The predicted octanol–water partition coefficient (Wildman–Crippen LogP) is 2.15. The average Bonchev–Trinajstić information content (AvgIpc) is 3.10. The van der Waals surface area contributed by atoms with E-state index in [1.165, 1.54) is 12.0 Å². The van der Waals surface area contributed by atoms with Crippen molar-refractivity contribution >= 4 is 0 Å². The third kappa shape index (κ3) is 3.27. The van der Waals surface area contributed by atoms with Crippen LogP contribution in [0, 0.1) is 5.92 Å². The number of aryl methyl sites for hydroxylation is 1. The molecule has 2 aromatic heterocycles. The predicted molar refractivity (Wildman–Crippen MR) is 94.5 cm³/mol. The second-order valence-corrected chi connectivity index (χ2v) is 8.43. The van der Waals surface area contributed by atoms with E-state index in [1.54, 1.807) is 10.7 Å². The normalized spacial score (nSPS) is 18.4. The van der Waals surface area contributed by atoms with Crippen LogP contribution >= 0.6 is 0 Å². The van der Waals surface area contributed by atoms with Crippen LogP contribution in [0.4, 0.5) is 0 Å². The zero-order chi connectivity index (χ0) is 17.6. The Kier molecular flexibility index (Phi) is 4.02. The van der Waals surface area contributed by atoms with E-state index in [0.29, 0.717) is 12.5 Å². The van der Waals surface area contributed by atoms with Gasteiger partial charge in [0.15, 0.2) is 0 Å². The lowest BCUT2D eigenvalue weighted by atomic mass is 9.92. The molecule has 0 spiro atoms. The molecule has 1 fully saturated rings. The summed E-state index contributed by atoms with van der Waals surface area (Å²) in [4.78, 5) is 14.5. The number of aromatic nitrogens is 3. The Morgan fingerprint density at radius 2 is 2.04 bits per heavy atom. The van der Waals surface area contributed by atoms with Gasteiger partial charge in [0, 0.05) is 49.0 Å². The second kappa shape index (κ2) is 6.09. The van der Waals surface area contributed by atoms with Crippen molar-refractivity contribution < 1.29 is 4.52 Å². The maximum atomic E-state index is 12.1. The molecular weight excluding hydrogens is 316 g/mol. The van der Waals surface area contributed by atoms with Crippen LogP contribution in [0.5, 0.6) is 0 Å².